The monoisotopic (exact) mass is 239 g/mol. The van der Waals surface area contributed by atoms with Gasteiger partial charge in [-0.2, -0.15) is 0 Å². The lowest BCUT2D eigenvalue weighted by molar-refractivity contribution is 0.0320. The molecule has 0 spiro atoms. The normalized spacial score (nSPS) is 26.9. The first-order chi connectivity index (χ1) is 7.66. The van der Waals surface area contributed by atoms with Crippen molar-refractivity contribution in [2.24, 2.45) is 5.92 Å². The molecule has 1 aliphatic rings. The van der Waals surface area contributed by atoms with Gasteiger partial charge in [-0.1, -0.05) is 36.7 Å². The molecule has 0 bridgehead atoms. The first-order valence-electron chi connectivity index (χ1n) is 5.80. The van der Waals surface area contributed by atoms with E-state index in [2.05, 4.69) is 17.9 Å². The fraction of sp³-hybridized carbons (Fsp3) is 0.538. The van der Waals surface area contributed by atoms with Crippen LogP contribution in [0.25, 0.3) is 0 Å². The topological polar surface area (TPSA) is 23.5 Å². The Bertz CT molecular complexity index is 356. The van der Waals surface area contributed by atoms with Crippen molar-refractivity contribution in [1.82, 2.24) is 4.90 Å². The first kappa shape index (κ1) is 11.9. The van der Waals surface area contributed by atoms with Gasteiger partial charge in [-0.05, 0) is 24.0 Å². The van der Waals surface area contributed by atoms with Gasteiger partial charge >= 0.3 is 0 Å². The zero-order valence-electron chi connectivity index (χ0n) is 9.56. The van der Waals surface area contributed by atoms with E-state index < -0.39 is 0 Å². The van der Waals surface area contributed by atoms with E-state index in [1.807, 2.05) is 18.2 Å². The number of rotatable bonds is 2. The Hall–Kier alpha value is -0.570. The zero-order valence-corrected chi connectivity index (χ0v) is 10.3. The van der Waals surface area contributed by atoms with Crippen molar-refractivity contribution in [3.63, 3.8) is 0 Å². The number of likely N-dealkylation sites (tertiary alicyclic amines) is 1. The summed E-state index contributed by atoms with van der Waals surface area (Å²) in [5.41, 5.74) is 1.17. The standard InChI is InChI=1S/C13H18ClNO/c1-10-8-15(7-6-13(10)16)9-11-4-2-3-5-12(11)14/h2-5,10,13,16H,6-9H2,1H3/t10-,13-/m1/s1. The van der Waals surface area contributed by atoms with Crippen LogP contribution in [-0.4, -0.2) is 29.2 Å². The molecule has 1 aromatic rings. The van der Waals surface area contributed by atoms with Crippen molar-refractivity contribution >= 4 is 11.6 Å². The Balaban J connectivity index is 1.98. The molecule has 1 N–H and O–H groups in total. The van der Waals surface area contributed by atoms with Crippen molar-refractivity contribution < 1.29 is 5.11 Å². The molecule has 1 aliphatic heterocycles. The van der Waals surface area contributed by atoms with Crippen molar-refractivity contribution in [2.45, 2.75) is 26.0 Å². The molecule has 1 fully saturated rings. The summed E-state index contributed by atoms with van der Waals surface area (Å²) in [4.78, 5) is 2.36. The number of aliphatic hydroxyl groups excluding tert-OH is 1. The van der Waals surface area contributed by atoms with Gasteiger partial charge < -0.3 is 5.11 Å². The van der Waals surface area contributed by atoms with Crippen LogP contribution in [0, 0.1) is 5.92 Å². The third-order valence-corrected chi connectivity index (χ3v) is 3.66. The number of aliphatic hydroxyl groups is 1. The maximum atomic E-state index is 9.66. The fourth-order valence-corrected chi connectivity index (χ4v) is 2.43. The van der Waals surface area contributed by atoms with E-state index in [4.69, 9.17) is 11.6 Å². The van der Waals surface area contributed by atoms with E-state index in [9.17, 15) is 5.11 Å². The summed E-state index contributed by atoms with van der Waals surface area (Å²) in [5.74, 6) is 0.358. The van der Waals surface area contributed by atoms with Gasteiger partial charge in [0.1, 0.15) is 0 Å². The predicted octanol–water partition coefficient (Wildman–Crippen LogP) is 2.54. The van der Waals surface area contributed by atoms with Gasteiger partial charge in [-0.3, -0.25) is 4.90 Å². The lowest BCUT2D eigenvalue weighted by Gasteiger charge is -2.34. The summed E-state index contributed by atoms with van der Waals surface area (Å²) in [5, 5.41) is 10.5. The maximum Gasteiger partial charge on any atom is 0.0590 e. The van der Waals surface area contributed by atoms with Gasteiger partial charge in [0.25, 0.3) is 0 Å². The van der Waals surface area contributed by atoms with E-state index in [1.54, 1.807) is 0 Å². The highest BCUT2D eigenvalue weighted by Gasteiger charge is 2.24. The third-order valence-electron chi connectivity index (χ3n) is 3.30. The number of benzene rings is 1. The van der Waals surface area contributed by atoms with Crippen LogP contribution in [0.5, 0.6) is 0 Å². The minimum atomic E-state index is -0.137. The molecule has 0 aliphatic carbocycles. The summed E-state index contributed by atoms with van der Waals surface area (Å²) in [7, 11) is 0. The molecule has 88 valence electrons. The van der Waals surface area contributed by atoms with Crippen LogP contribution >= 0.6 is 11.6 Å². The van der Waals surface area contributed by atoms with Gasteiger partial charge in [0.05, 0.1) is 6.10 Å². The van der Waals surface area contributed by atoms with Gasteiger partial charge in [0.15, 0.2) is 0 Å². The molecule has 1 saturated heterocycles. The summed E-state index contributed by atoms with van der Waals surface area (Å²) in [6.45, 7) is 4.89. The largest absolute Gasteiger partial charge is 0.393 e. The van der Waals surface area contributed by atoms with Crippen LogP contribution in [0.15, 0.2) is 24.3 Å². The predicted molar refractivity (Wildman–Crippen MR) is 66.5 cm³/mol. The van der Waals surface area contributed by atoms with Crippen LogP contribution in [0.4, 0.5) is 0 Å². The molecule has 2 atom stereocenters. The van der Waals surface area contributed by atoms with E-state index >= 15 is 0 Å². The summed E-state index contributed by atoms with van der Waals surface area (Å²) < 4.78 is 0. The molecule has 0 radical (unpaired) electrons. The van der Waals surface area contributed by atoms with Gasteiger partial charge in [-0.15, -0.1) is 0 Å². The summed E-state index contributed by atoms with van der Waals surface area (Å²) in [6, 6.07) is 7.97. The highest BCUT2D eigenvalue weighted by molar-refractivity contribution is 6.31. The van der Waals surface area contributed by atoms with E-state index in [0.29, 0.717) is 5.92 Å². The maximum absolute atomic E-state index is 9.66. The molecule has 3 heteroatoms. The van der Waals surface area contributed by atoms with Crippen LogP contribution in [-0.2, 0) is 6.54 Å². The highest BCUT2D eigenvalue weighted by atomic mass is 35.5. The second-order valence-corrected chi connectivity index (χ2v) is 5.07. The second kappa shape index (κ2) is 5.17. The van der Waals surface area contributed by atoms with Crippen LogP contribution < -0.4 is 0 Å². The number of nitrogens with zero attached hydrogens (tertiary/aromatic N) is 1. The molecular formula is C13H18ClNO. The second-order valence-electron chi connectivity index (χ2n) is 4.66. The van der Waals surface area contributed by atoms with E-state index in [0.717, 1.165) is 31.1 Å². The Morgan fingerprint density at radius 3 is 2.88 bits per heavy atom. The Labute approximate surface area is 102 Å². The molecule has 16 heavy (non-hydrogen) atoms. The molecule has 0 aromatic heterocycles. The average molecular weight is 240 g/mol. The van der Waals surface area contributed by atoms with E-state index in [-0.39, 0.29) is 6.10 Å². The molecule has 0 saturated carbocycles. The molecule has 1 heterocycles. The average Bonchev–Trinajstić information content (AvgIpc) is 2.27. The van der Waals surface area contributed by atoms with Crippen molar-refractivity contribution in [3.8, 4) is 0 Å². The van der Waals surface area contributed by atoms with E-state index in [1.165, 1.54) is 5.56 Å². The third kappa shape index (κ3) is 2.76. The van der Waals surface area contributed by atoms with Gasteiger partial charge in [0, 0.05) is 24.7 Å². The highest BCUT2D eigenvalue weighted by Crippen LogP contribution is 2.21. The van der Waals surface area contributed by atoms with Gasteiger partial charge in [-0.25, -0.2) is 0 Å². The Morgan fingerprint density at radius 1 is 1.44 bits per heavy atom. The molecule has 0 unspecified atom stereocenters. The van der Waals surface area contributed by atoms with Crippen LogP contribution in [0.1, 0.15) is 18.9 Å². The number of hydrogen-bond acceptors (Lipinski definition) is 2. The molecule has 0 amide bonds. The lowest BCUT2D eigenvalue weighted by atomic mass is 9.96. The fourth-order valence-electron chi connectivity index (χ4n) is 2.23. The van der Waals surface area contributed by atoms with Crippen LogP contribution in [0.3, 0.4) is 0 Å². The smallest absolute Gasteiger partial charge is 0.0590 e. The first-order valence-corrected chi connectivity index (χ1v) is 6.18. The zero-order chi connectivity index (χ0) is 11.5. The minimum Gasteiger partial charge on any atom is -0.393 e. The lowest BCUT2D eigenvalue weighted by Crippen LogP contribution is -2.41. The summed E-state index contributed by atoms with van der Waals surface area (Å²) in [6.07, 6.45) is 0.730. The SMILES string of the molecule is C[C@@H]1CN(Cc2ccccc2Cl)CC[C@H]1O. The van der Waals surface area contributed by atoms with Crippen molar-refractivity contribution in [2.75, 3.05) is 13.1 Å². The quantitative estimate of drug-likeness (QED) is 0.858. The Morgan fingerprint density at radius 2 is 2.19 bits per heavy atom. The van der Waals surface area contributed by atoms with Crippen molar-refractivity contribution in [3.05, 3.63) is 34.9 Å². The number of halogens is 1. The molecule has 1 aromatic carbocycles. The summed E-state index contributed by atoms with van der Waals surface area (Å²) >= 11 is 6.13. The van der Waals surface area contributed by atoms with Crippen LogP contribution in [0.2, 0.25) is 5.02 Å². The van der Waals surface area contributed by atoms with Crippen molar-refractivity contribution in [1.29, 1.82) is 0 Å². The minimum absolute atomic E-state index is 0.137. The number of hydrogen-bond donors (Lipinski definition) is 1. The van der Waals surface area contributed by atoms with Gasteiger partial charge in [0.2, 0.25) is 0 Å². The molecule has 2 nitrogen and oxygen atoms in total. The Kier molecular flexibility index (Phi) is 3.85. The number of piperidine rings is 1. The molecule has 2 rings (SSSR count). The molecular weight excluding hydrogens is 222 g/mol.